The Morgan fingerprint density at radius 1 is 0.962 bits per heavy atom. The maximum atomic E-state index is 12.3. The molecule has 0 radical (unpaired) electrons. The van der Waals surface area contributed by atoms with Crippen molar-refractivity contribution in [2.75, 3.05) is 22.5 Å². The Morgan fingerprint density at radius 3 is 2.35 bits per heavy atom. The predicted molar refractivity (Wildman–Crippen MR) is 107 cm³/mol. The summed E-state index contributed by atoms with van der Waals surface area (Å²) in [5.41, 5.74) is 14.1. The molecule has 0 fully saturated rings. The summed E-state index contributed by atoms with van der Waals surface area (Å²) in [5.74, 6) is 1.10. The number of benzene rings is 2. The molecule has 6 nitrogen and oxygen atoms in total. The maximum absolute atomic E-state index is 12.3. The molecule has 3 rings (SSSR count). The third-order valence-corrected chi connectivity index (χ3v) is 4.44. The van der Waals surface area contributed by atoms with Crippen LogP contribution in [0.2, 0.25) is 0 Å². The Morgan fingerprint density at radius 2 is 1.62 bits per heavy atom. The van der Waals surface area contributed by atoms with Gasteiger partial charge in [-0.2, -0.15) is 0 Å². The van der Waals surface area contributed by atoms with E-state index >= 15 is 0 Å². The fourth-order valence-corrected chi connectivity index (χ4v) is 3.25. The fourth-order valence-electron chi connectivity index (χ4n) is 2.44. The fraction of sp³-hybridized carbons (Fsp3) is 0.105. The SMILES string of the molecule is Nc1cc(N)nc(SCCC(=O)Nc2ccccc2-c2ccccc2)n1. The van der Waals surface area contributed by atoms with Crippen LogP contribution >= 0.6 is 11.8 Å². The van der Waals surface area contributed by atoms with Gasteiger partial charge in [0.2, 0.25) is 5.91 Å². The van der Waals surface area contributed by atoms with Crippen LogP contribution < -0.4 is 16.8 Å². The number of thioether (sulfide) groups is 1. The van der Waals surface area contributed by atoms with Crippen LogP contribution in [0, 0.1) is 0 Å². The molecule has 26 heavy (non-hydrogen) atoms. The van der Waals surface area contributed by atoms with Crippen molar-refractivity contribution in [2.24, 2.45) is 0 Å². The van der Waals surface area contributed by atoms with Crippen LogP contribution in [0.5, 0.6) is 0 Å². The van der Waals surface area contributed by atoms with Gasteiger partial charge in [-0.25, -0.2) is 9.97 Å². The second-order valence-electron chi connectivity index (χ2n) is 5.56. The summed E-state index contributed by atoms with van der Waals surface area (Å²) < 4.78 is 0. The quantitative estimate of drug-likeness (QED) is 0.456. The topological polar surface area (TPSA) is 107 Å². The molecular formula is C19H19N5OS. The van der Waals surface area contributed by atoms with Crippen molar-refractivity contribution in [1.82, 2.24) is 9.97 Å². The highest BCUT2D eigenvalue weighted by Gasteiger charge is 2.09. The molecule has 0 unspecified atom stereocenters. The van der Waals surface area contributed by atoms with Crippen LogP contribution in [0.25, 0.3) is 11.1 Å². The van der Waals surface area contributed by atoms with Gasteiger partial charge in [-0.05, 0) is 11.6 Å². The van der Waals surface area contributed by atoms with E-state index in [0.29, 0.717) is 29.0 Å². The van der Waals surface area contributed by atoms with Gasteiger partial charge in [0, 0.05) is 29.5 Å². The third kappa shape index (κ3) is 4.73. The monoisotopic (exact) mass is 365 g/mol. The number of amides is 1. The number of hydrogen-bond donors (Lipinski definition) is 3. The summed E-state index contributed by atoms with van der Waals surface area (Å²) in [6, 6.07) is 19.2. The van der Waals surface area contributed by atoms with Crippen LogP contribution in [-0.2, 0) is 4.79 Å². The molecule has 0 aliphatic rings. The highest BCUT2D eigenvalue weighted by Crippen LogP contribution is 2.27. The van der Waals surface area contributed by atoms with Gasteiger partial charge in [0.15, 0.2) is 5.16 Å². The van der Waals surface area contributed by atoms with E-state index in [1.807, 2.05) is 54.6 Å². The third-order valence-electron chi connectivity index (χ3n) is 3.59. The number of nitrogens with zero attached hydrogens (tertiary/aromatic N) is 2. The molecule has 1 aromatic heterocycles. The summed E-state index contributed by atoms with van der Waals surface area (Å²) in [4.78, 5) is 20.5. The number of aromatic nitrogens is 2. The molecule has 0 aliphatic carbocycles. The summed E-state index contributed by atoms with van der Waals surface area (Å²) in [7, 11) is 0. The van der Waals surface area contributed by atoms with Gasteiger partial charge in [0.05, 0.1) is 0 Å². The van der Waals surface area contributed by atoms with E-state index in [9.17, 15) is 4.79 Å². The smallest absolute Gasteiger partial charge is 0.225 e. The number of nitrogen functional groups attached to an aromatic ring is 2. The minimum absolute atomic E-state index is 0.0715. The zero-order valence-corrected chi connectivity index (χ0v) is 14.9. The van der Waals surface area contributed by atoms with Crippen molar-refractivity contribution in [3.05, 3.63) is 60.7 Å². The second kappa shape index (κ2) is 8.35. The Balaban J connectivity index is 1.60. The number of carbonyl (C=O) groups is 1. The first kappa shape index (κ1) is 17.8. The van der Waals surface area contributed by atoms with Crippen LogP contribution in [0.3, 0.4) is 0 Å². The molecule has 1 heterocycles. The van der Waals surface area contributed by atoms with Crippen molar-refractivity contribution < 1.29 is 4.79 Å². The number of rotatable bonds is 6. The molecule has 0 aliphatic heterocycles. The molecule has 3 aromatic rings. The van der Waals surface area contributed by atoms with Crippen LogP contribution in [0.1, 0.15) is 6.42 Å². The van der Waals surface area contributed by atoms with Crippen LogP contribution in [-0.4, -0.2) is 21.6 Å². The second-order valence-corrected chi connectivity index (χ2v) is 6.62. The number of carbonyl (C=O) groups excluding carboxylic acids is 1. The Labute approximate surface area is 156 Å². The van der Waals surface area contributed by atoms with Gasteiger partial charge < -0.3 is 16.8 Å². The lowest BCUT2D eigenvalue weighted by molar-refractivity contribution is -0.115. The molecule has 5 N–H and O–H groups in total. The average Bonchev–Trinajstić information content (AvgIpc) is 2.62. The minimum atomic E-state index is -0.0715. The summed E-state index contributed by atoms with van der Waals surface area (Å²) in [5, 5.41) is 3.45. The highest BCUT2D eigenvalue weighted by molar-refractivity contribution is 7.99. The lowest BCUT2D eigenvalue weighted by atomic mass is 10.0. The minimum Gasteiger partial charge on any atom is -0.383 e. The van der Waals surface area contributed by atoms with Gasteiger partial charge in [0.25, 0.3) is 0 Å². The van der Waals surface area contributed by atoms with Crippen molar-refractivity contribution >= 4 is 35.0 Å². The van der Waals surface area contributed by atoms with Crippen molar-refractivity contribution in [3.63, 3.8) is 0 Å². The van der Waals surface area contributed by atoms with Gasteiger partial charge in [-0.15, -0.1) is 0 Å². The van der Waals surface area contributed by atoms with Crippen LogP contribution in [0.4, 0.5) is 17.3 Å². The number of nitrogens with one attached hydrogen (secondary N) is 1. The molecule has 7 heteroatoms. The predicted octanol–water partition coefficient (Wildman–Crippen LogP) is 3.43. The van der Waals surface area contributed by atoms with Gasteiger partial charge >= 0.3 is 0 Å². The molecule has 1 amide bonds. The standard InChI is InChI=1S/C19H19N5OS/c20-16-12-17(21)24-19(23-16)26-11-10-18(25)22-15-9-5-4-8-14(15)13-6-2-1-3-7-13/h1-9,12H,10-11H2,(H,22,25)(H4,20,21,23,24). The normalized spacial score (nSPS) is 10.5. The zero-order valence-electron chi connectivity index (χ0n) is 14.1. The van der Waals surface area contributed by atoms with Crippen molar-refractivity contribution in [1.29, 1.82) is 0 Å². The Bertz CT molecular complexity index is 881. The summed E-state index contributed by atoms with van der Waals surface area (Å²) >= 11 is 1.35. The summed E-state index contributed by atoms with van der Waals surface area (Å²) in [6.45, 7) is 0. The lowest BCUT2D eigenvalue weighted by Crippen LogP contribution is -2.13. The van der Waals surface area contributed by atoms with Crippen molar-refractivity contribution in [3.8, 4) is 11.1 Å². The van der Waals surface area contributed by atoms with E-state index in [0.717, 1.165) is 16.8 Å². The first-order valence-corrected chi connectivity index (χ1v) is 9.07. The largest absolute Gasteiger partial charge is 0.383 e. The zero-order chi connectivity index (χ0) is 18.4. The Hall–Kier alpha value is -3.06. The van der Waals surface area contributed by atoms with E-state index in [1.54, 1.807) is 0 Å². The Kier molecular flexibility index (Phi) is 5.70. The highest BCUT2D eigenvalue weighted by atomic mass is 32.2. The first-order chi connectivity index (χ1) is 12.6. The summed E-state index contributed by atoms with van der Waals surface area (Å²) in [6.07, 6.45) is 0.325. The molecule has 2 aromatic carbocycles. The molecule has 0 saturated heterocycles. The van der Waals surface area contributed by atoms with E-state index in [2.05, 4.69) is 15.3 Å². The van der Waals surface area contributed by atoms with Gasteiger partial charge in [0.1, 0.15) is 11.6 Å². The van der Waals surface area contributed by atoms with E-state index in [4.69, 9.17) is 11.5 Å². The van der Waals surface area contributed by atoms with E-state index in [1.165, 1.54) is 17.8 Å². The molecule has 0 saturated carbocycles. The molecule has 0 atom stereocenters. The molecular weight excluding hydrogens is 346 g/mol. The van der Waals surface area contributed by atoms with E-state index in [-0.39, 0.29) is 5.91 Å². The average molecular weight is 365 g/mol. The van der Waals surface area contributed by atoms with Crippen LogP contribution in [0.15, 0.2) is 65.8 Å². The van der Waals surface area contributed by atoms with Gasteiger partial charge in [-0.1, -0.05) is 60.3 Å². The number of nitrogens with two attached hydrogens (primary N) is 2. The first-order valence-electron chi connectivity index (χ1n) is 8.09. The number of anilines is 3. The molecule has 0 bridgehead atoms. The molecule has 0 spiro atoms. The number of para-hydroxylation sites is 1. The van der Waals surface area contributed by atoms with E-state index < -0.39 is 0 Å². The van der Waals surface area contributed by atoms with Crippen molar-refractivity contribution in [2.45, 2.75) is 11.6 Å². The lowest BCUT2D eigenvalue weighted by Gasteiger charge is -2.11. The number of hydrogen-bond acceptors (Lipinski definition) is 6. The maximum Gasteiger partial charge on any atom is 0.225 e. The van der Waals surface area contributed by atoms with Gasteiger partial charge in [-0.3, -0.25) is 4.79 Å². The molecule has 132 valence electrons.